The number of aryl methyl sites for hydroxylation is 1. The standard InChI is InChI=1S/C22H23Cl2FO3S/c1-12-17(23)9-13(10-19(12)25)5-7-16-15(18(24)11-20(16)26)4-2-3-14-6-8-21(29-14)22(27)28/h5-10,15-16,18,20,26H,2-4,11H2,1H3,(H,27,28)/b7-5+/t15-,16-,18-,20-/m1/s1. The molecule has 156 valence electrons. The van der Waals surface area contributed by atoms with E-state index in [0.29, 0.717) is 27.4 Å². The first-order valence-corrected chi connectivity index (χ1v) is 11.2. The van der Waals surface area contributed by atoms with E-state index in [4.69, 9.17) is 28.3 Å². The van der Waals surface area contributed by atoms with Gasteiger partial charge in [0.1, 0.15) is 10.7 Å². The molecule has 0 saturated heterocycles. The minimum absolute atomic E-state index is 0.104. The summed E-state index contributed by atoms with van der Waals surface area (Å²) in [6.45, 7) is 1.63. The van der Waals surface area contributed by atoms with Crippen LogP contribution in [0.5, 0.6) is 0 Å². The van der Waals surface area contributed by atoms with Crippen molar-refractivity contribution in [3.05, 3.63) is 62.1 Å². The van der Waals surface area contributed by atoms with E-state index in [-0.39, 0.29) is 23.0 Å². The largest absolute Gasteiger partial charge is 0.477 e. The van der Waals surface area contributed by atoms with Crippen LogP contribution in [0.15, 0.2) is 30.3 Å². The van der Waals surface area contributed by atoms with Crippen molar-refractivity contribution in [2.24, 2.45) is 11.8 Å². The second-order valence-corrected chi connectivity index (χ2v) is 9.63. The number of aliphatic hydroxyl groups is 1. The Morgan fingerprint density at radius 2 is 2.14 bits per heavy atom. The van der Waals surface area contributed by atoms with Crippen LogP contribution in [-0.2, 0) is 6.42 Å². The highest BCUT2D eigenvalue weighted by Gasteiger charge is 2.39. The first kappa shape index (κ1) is 22.3. The lowest BCUT2D eigenvalue weighted by molar-refractivity contribution is 0.0702. The molecule has 3 nitrogen and oxygen atoms in total. The SMILES string of the molecule is Cc1c(F)cc(/C=C/[C@@H]2[C@@H](CCCc3ccc(C(=O)O)s3)[C@H](Cl)C[C@H]2O)cc1Cl. The van der Waals surface area contributed by atoms with Crippen molar-refractivity contribution < 1.29 is 19.4 Å². The molecule has 2 N–H and O–H groups in total. The van der Waals surface area contributed by atoms with Gasteiger partial charge in [0.05, 0.1) is 6.10 Å². The number of aliphatic hydroxyl groups excluding tert-OH is 1. The molecule has 0 aliphatic heterocycles. The predicted octanol–water partition coefficient (Wildman–Crippen LogP) is 6.19. The van der Waals surface area contributed by atoms with E-state index in [1.807, 2.05) is 12.1 Å². The van der Waals surface area contributed by atoms with Gasteiger partial charge >= 0.3 is 5.97 Å². The summed E-state index contributed by atoms with van der Waals surface area (Å²) in [5, 5.41) is 19.7. The molecule has 1 aliphatic carbocycles. The van der Waals surface area contributed by atoms with E-state index < -0.39 is 12.1 Å². The zero-order chi connectivity index (χ0) is 21.1. The van der Waals surface area contributed by atoms with Gasteiger partial charge in [-0.3, -0.25) is 0 Å². The summed E-state index contributed by atoms with van der Waals surface area (Å²) >= 11 is 13.9. The molecule has 2 aromatic rings. The van der Waals surface area contributed by atoms with Crippen LogP contribution in [0.25, 0.3) is 6.08 Å². The number of alkyl halides is 1. The van der Waals surface area contributed by atoms with Gasteiger partial charge in [-0.25, -0.2) is 9.18 Å². The minimum Gasteiger partial charge on any atom is -0.477 e. The fraction of sp³-hybridized carbons (Fsp3) is 0.409. The Morgan fingerprint density at radius 3 is 2.79 bits per heavy atom. The van der Waals surface area contributed by atoms with Gasteiger partial charge in [0.25, 0.3) is 0 Å². The number of thiophene rings is 1. The lowest BCUT2D eigenvalue weighted by Gasteiger charge is -2.20. The average molecular weight is 457 g/mol. The number of hydrogen-bond donors (Lipinski definition) is 2. The summed E-state index contributed by atoms with van der Waals surface area (Å²) < 4.78 is 13.9. The number of benzene rings is 1. The Morgan fingerprint density at radius 1 is 1.38 bits per heavy atom. The molecule has 0 unspecified atom stereocenters. The average Bonchev–Trinajstić information content (AvgIpc) is 3.23. The normalized spacial score (nSPS) is 24.4. The zero-order valence-electron chi connectivity index (χ0n) is 15.9. The summed E-state index contributed by atoms with van der Waals surface area (Å²) in [4.78, 5) is 12.4. The third-order valence-corrected chi connectivity index (χ3v) is 7.54. The Hall–Kier alpha value is -1.40. The van der Waals surface area contributed by atoms with E-state index >= 15 is 0 Å². The van der Waals surface area contributed by atoms with E-state index in [1.54, 1.807) is 25.1 Å². The lowest BCUT2D eigenvalue weighted by atomic mass is 9.89. The van der Waals surface area contributed by atoms with Gasteiger partial charge in [0, 0.05) is 26.8 Å². The Labute approximate surface area is 183 Å². The van der Waals surface area contributed by atoms with Crippen LogP contribution in [0.4, 0.5) is 4.39 Å². The molecule has 0 amide bonds. The molecule has 0 spiro atoms. The van der Waals surface area contributed by atoms with Gasteiger partial charge in [0.2, 0.25) is 0 Å². The fourth-order valence-corrected chi connectivity index (χ4v) is 5.44. The van der Waals surface area contributed by atoms with Crippen molar-refractivity contribution in [3.8, 4) is 0 Å². The van der Waals surface area contributed by atoms with Gasteiger partial charge in [-0.15, -0.1) is 22.9 Å². The molecule has 1 aliphatic rings. The van der Waals surface area contributed by atoms with E-state index in [2.05, 4.69) is 0 Å². The van der Waals surface area contributed by atoms with E-state index in [0.717, 1.165) is 24.1 Å². The molecule has 1 aromatic carbocycles. The number of halogens is 3. The number of carboxylic acids is 1. The van der Waals surface area contributed by atoms with Crippen molar-refractivity contribution in [3.63, 3.8) is 0 Å². The number of rotatable bonds is 7. The molecular formula is C22H23Cl2FO3S. The molecule has 0 bridgehead atoms. The van der Waals surface area contributed by atoms with Crippen LogP contribution < -0.4 is 0 Å². The van der Waals surface area contributed by atoms with Crippen LogP contribution in [0.1, 0.15) is 44.9 Å². The fourth-order valence-electron chi connectivity index (χ4n) is 3.86. The summed E-state index contributed by atoms with van der Waals surface area (Å²) in [5.74, 6) is -1.27. The van der Waals surface area contributed by atoms with Crippen molar-refractivity contribution in [2.75, 3.05) is 0 Å². The van der Waals surface area contributed by atoms with Crippen LogP contribution in [0.2, 0.25) is 5.02 Å². The molecule has 29 heavy (non-hydrogen) atoms. The summed E-state index contributed by atoms with van der Waals surface area (Å²) in [5.41, 5.74) is 1.07. The number of carbonyl (C=O) groups is 1. The Balaban J connectivity index is 1.64. The molecule has 1 fully saturated rings. The van der Waals surface area contributed by atoms with Crippen LogP contribution in [0, 0.1) is 24.6 Å². The maximum atomic E-state index is 13.9. The van der Waals surface area contributed by atoms with Crippen molar-refractivity contribution >= 4 is 46.6 Å². The highest BCUT2D eigenvalue weighted by atomic mass is 35.5. The Bertz CT molecular complexity index is 888. The summed E-state index contributed by atoms with van der Waals surface area (Å²) in [6, 6.07) is 6.62. The highest BCUT2D eigenvalue weighted by Crippen LogP contribution is 2.40. The van der Waals surface area contributed by atoms with Gasteiger partial charge < -0.3 is 10.2 Å². The number of carboxylic acid groups (broad SMARTS) is 1. The smallest absolute Gasteiger partial charge is 0.345 e. The molecule has 1 aromatic heterocycles. The van der Waals surface area contributed by atoms with Crippen molar-refractivity contribution in [2.45, 2.75) is 44.1 Å². The summed E-state index contributed by atoms with van der Waals surface area (Å²) in [6.07, 6.45) is 6.15. The topological polar surface area (TPSA) is 57.5 Å². The summed E-state index contributed by atoms with van der Waals surface area (Å²) in [7, 11) is 0. The van der Waals surface area contributed by atoms with E-state index in [1.165, 1.54) is 17.4 Å². The molecule has 3 rings (SSSR count). The molecule has 1 heterocycles. The quantitative estimate of drug-likeness (QED) is 0.488. The maximum Gasteiger partial charge on any atom is 0.345 e. The third-order valence-electron chi connectivity index (χ3n) is 5.52. The molecule has 7 heteroatoms. The zero-order valence-corrected chi connectivity index (χ0v) is 18.3. The molecule has 0 radical (unpaired) electrons. The van der Waals surface area contributed by atoms with E-state index in [9.17, 15) is 14.3 Å². The third kappa shape index (κ3) is 5.40. The second-order valence-electron chi connectivity index (χ2n) is 7.49. The second kappa shape index (κ2) is 9.61. The van der Waals surface area contributed by atoms with Crippen LogP contribution in [0.3, 0.4) is 0 Å². The monoisotopic (exact) mass is 456 g/mol. The van der Waals surface area contributed by atoms with Gasteiger partial charge in [-0.2, -0.15) is 0 Å². The van der Waals surface area contributed by atoms with Gasteiger partial charge in [0.15, 0.2) is 0 Å². The number of aromatic carboxylic acids is 1. The predicted molar refractivity (Wildman–Crippen MR) is 117 cm³/mol. The Kier molecular flexibility index (Phi) is 7.38. The molecule has 1 saturated carbocycles. The minimum atomic E-state index is -0.904. The van der Waals surface area contributed by atoms with Crippen molar-refractivity contribution in [1.29, 1.82) is 0 Å². The highest BCUT2D eigenvalue weighted by molar-refractivity contribution is 7.13. The maximum absolute atomic E-state index is 13.9. The molecule has 4 atom stereocenters. The van der Waals surface area contributed by atoms with Gasteiger partial charge in [-0.1, -0.05) is 23.8 Å². The molecular weight excluding hydrogens is 434 g/mol. The van der Waals surface area contributed by atoms with Crippen LogP contribution in [-0.4, -0.2) is 27.7 Å². The van der Waals surface area contributed by atoms with Gasteiger partial charge in [-0.05, 0) is 68.4 Å². The first-order chi connectivity index (χ1) is 13.8. The van der Waals surface area contributed by atoms with Crippen molar-refractivity contribution in [1.82, 2.24) is 0 Å². The van der Waals surface area contributed by atoms with Crippen LogP contribution >= 0.6 is 34.5 Å². The lowest BCUT2D eigenvalue weighted by Crippen LogP contribution is -2.18. The number of hydrogen-bond acceptors (Lipinski definition) is 3. The first-order valence-electron chi connectivity index (χ1n) is 9.54.